The number of furan rings is 1. The Balaban J connectivity index is 1.48. The lowest BCUT2D eigenvalue weighted by Crippen LogP contribution is -2.46. The summed E-state index contributed by atoms with van der Waals surface area (Å²) >= 11 is 0. The van der Waals surface area contributed by atoms with E-state index in [1.807, 2.05) is 78.9 Å². The minimum Gasteiger partial charge on any atom is -0.467 e. The molecule has 7 nitrogen and oxygen atoms in total. The van der Waals surface area contributed by atoms with E-state index < -0.39 is 0 Å². The molecule has 0 aliphatic carbocycles. The largest absolute Gasteiger partial charge is 0.467 e. The Kier molecular flexibility index (Phi) is 8.72. The fraction of sp³-hybridized carbons (Fsp3) is 0.241. The Morgan fingerprint density at radius 2 is 1.64 bits per heavy atom. The number of rotatable bonds is 11. The minimum absolute atomic E-state index is 0.0740. The quantitative estimate of drug-likeness (QED) is 0.317. The van der Waals surface area contributed by atoms with Gasteiger partial charge in [-0.3, -0.25) is 4.79 Å². The third kappa shape index (κ3) is 6.73. The number of amides is 3. The van der Waals surface area contributed by atoms with Crippen LogP contribution in [-0.4, -0.2) is 55.1 Å². The van der Waals surface area contributed by atoms with Gasteiger partial charge in [-0.25, -0.2) is 4.79 Å². The molecule has 0 aliphatic rings. The van der Waals surface area contributed by atoms with E-state index in [9.17, 15) is 9.59 Å². The van der Waals surface area contributed by atoms with E-state index in [0.717, 1.165) is 16.3 Å². The van der Waals surface area contributed by atoms with Crippen LogP contribution in [0.25, 0.3) is 10.8 Å². The molecule has 0 bridgehead atoms. The third-order valence-corrected chi connectivity index (χ3v) is 6.00. The molecule has 1 heterocycles. The highest BCUT2D eigenvalue weighted by molar-refractivity contribution is 6.02. The Bertz CT molecular complexity index is 1250. The summed E-state index contributed by atoms with van der Waals surface area (Å²) < 4.78 is 10.7. The van der Waals surface area contributed by atoms with E-state index >= 15 is 0 Å². The highest BCUT2D eigenvalue weighted by Gasteiger charge is 2.22. The molecule has 4 aromatic rings. The summed E-state index contributed by atoms with van der Waals surface area (Å²) in [5.41, 5.74) is 1.84. The average molecular weight is 486 g/mol. The van der Waals surface area contributed by atoms with Crippen molar-refractivity contribution in [3.63, 3.8) is 0 Å². The highest BCUT2D eigenvalue weighted by Crippen LogP contribution is 2.23. The number of nitrogens with one attached hydrogen (secondary N) is 1. The number of nitrogens with zero attached hydrogens (tertiary/aromatic N) is 2. The molecule has 0 spiro atoms. The van der Waals surface area contributed by atoms with Crippen molar-refractivity contribution in [1.29, 1.82) is 0 Å². The Labute approximate surface area is 211 Å². The summed E-state index contributed by atoms with van der Waals surface area (Å²) in [4.78, 5) is 30.0. The highest BCUT2D eigenvalue weighted by atomic mass is 16.5. The number of urea groups is 1. The SMILES string of the molecule is COCCN(CC(=O)N(CCc1ccccc1)Cc1ccco1)C(=O)Nc1cccc2ccccc12. The van der Waals surface area contributed by atoms with Gasteiger partial charge in [-0.15, -0.1) is 0 Å². The van der Waals surface area contributed by atoms with Gasteiger partial charge in [-0.1, -0.05) is 66.7 Å². The van der Waals surface area contributed by atoms with Gasteiger partial charge in [0.05, 0.1) is 25.1 Å². The van der Waals surface area contributed by atoms with Crippen LogP contribution in [-0.2, 0) is 22.5 Å². The zero-order chi connectivity index (χ0) is 25.2. The molecular weight excluding hydrogens is 454 g/mol. The van der Waals surface area contributed by atoms with Gasteiger partial charge in [0.1, 0.15) is 12.3 Å². The molecule has 1 N–H and O–H groups in total. The van der Waals surface area contributed by atoms with Crippen LogP contribution < -0.4 is 5.32 Å². The number of carbonyl (C=O) groups is 2. The lowest BCUT2D eigenvalue weighted by Gasteiger charge is -2.27. The van der Waals surface area contributed by atoms with Crippen molar-refractivity contribution >= 4 is 28.4 Å². The van der Waals surface area contributed by atoms with Gasteiger partial charge in [0.15, 0.2) is 0 Å². The fourth-order valence-electron chi connectivity index (χ4n) is 4.04. The van der Waals surface area contributed by atoms with Crippen LogP contribution in [0.5, 0.6) is 0 Å². The van der Waals surface area contributed by atoms with Crippen molar-refractivity contribution in [2.45, 2.75) is 13.0 Å². The first kappa shape index (κ1) is 25.0. The molecule has 36 heavy (non-hydrogen) atoms. The molecule has 4 rings (SSSR count). The summed E-state index contributed by atoms with van der Waals surface area (Å²) in [6.07, 6.45) is 2.30. The molecule has 7 heteroatoms. The van der Waals surface area contributed by atoms with Crippen molar-refractivity contribution in [2.24, 2.45) is 0 Å². The molecule has 0 unspecified atom stereocenters. The number of anilines is 1. The van der Waals surface area contributed by atoms with E-state index in [4.69, 9.17) is 9.15 Å². The Morgan fingerprint density at radius 1 is 0.861 bits per heavy atom. The zero-order valence-corrected chi connectivity index (χ0v) is 20.4. The second kappa shape index (κ2) is 12.6. The van der Waals surface area contributed by atoms with Gasteiger partial charge < -0.3 is 24.3 Å². The summed E-state index contributed by atoms with van der Waals surface area (Å²) in [6.45, 7) is 1.37. The molecule has 0 radical (unpaired) electrons. The number of benzene rings is 3. The van der Waals surface area contributed by atoms with Crippen LogP contribution >= 0.6 is 0 Å². The van der Waals surface area contributed by atoms with Gasteiger partial charge in [0.25, 0.3) is 0 Å². The van der Waals surface area contributed by atoms with Gasteiger partial charge in [0.2, 0.25) is 5.91 Å². The first-order chi connectivity index (χ1) is 17.6. The van der Waals surface area contributed by atoms with Gasteiger partial charge in [-0.2, -0.15) is 0 Å². The van der Waals surface area contributed by atoms with E-state index in [1.54, 1.807) is 24.3 Å². The van der Waals surface area contributed by atoms with E-state index in [1.165, 1.54) is 4.90 Å². The molecule has 1 aromatic heterocycles. The lowest BCUT2D eigenvalue weighted by molar-refractivity contribution is -0.132. The molecule has 186 valence electrons. The van der Waals surface area contributed by atoms with Crippen molar-refractivity contribution in [1.82, 2.24) is 9.80 Å². The van der Waals surface area contributed by atoms with Crippen molar-refractivity contribution < 1.29 is 18.7 Å². The maximum absolute atomic E-state index is 13.5. The number of methoxy groups -OCH3 is 1. The Hall–Kier alpha value is -4.10. The molecular formula is C29H31N3O4. The van der Waals surface area contributed by atoms with Crippen LogP contribution in [0, 0.1) is 0 Å². The predicted molar refractivity (Wildman–Crippen MR) is 141 cm³/mol. The number of hydrogen-bond acceptors (Lipinski definition) is 4. The molecule has 0 saturated carbocycles. The van der Waals surface area contributed by atoms with Gasteiger partial charge in [-0.05, 0) is 35.6 Å². The van der Waals surface area contributed by atoms with Crippen LogP contribution in [0.3, 0.4) is 0 Å². The molecule has 0 atom stereocenters. The number of ether oxygens (including phenoxy) is 1. The average Bonchev–Trinajstić information content (AvgIpc) is 3.43. The second-order valence-electron chi connectivity index (χ2n) is 8.50. The smallest absolute Gasteiger partial charge is 0.322 e. The topological polar surface area (TPSA) is 75.0 Å². The van der Waals surface area contributed by atoms with Crippen molar-refractivity contribution in [3.05, 3.63) is 103 Å². The summed E-state index contributed by atoms with van der Waals surface area (Å²) in [6, 6.07) is 26.9. The summed E-state index contributed by atoms with van der Waals surface area (Å²) in [5, 5.41) is 4.95. The number of carbonyl (C=O) groups excluding carboxylic acids is 2. The Morgan fingerprint density at radius 3 is 2.42 bits per heavy atom. The molecule has 0 aliphatic heterocycles. The zero-order valence-electron chi connectivity index (χ0n) is 20.4. The summed E-state index contributed by atoms with van der Waals surface area (Å²) in [5.74, 6) is 0.534. The first-order valence-corrected chi connectivity index (χ1v) is 12.0. The first-order valence-electron chi connectivity index (χ1n) is 12.0. The lowest BCUT2D eigenvalue weighted by atomic mass is 10.1. The van der Waals surface area contributed by atoms with Crippen LogP contribution in [0.15, 0.2) is 95.6 Å². The van der Waals surface area contributed by atoms with Crippen LogP contribution in [0.2, 0.25) is 0 Å². The third-order valence-electron chi connectivity index (χ3n) is 6.00. The standard InChI is InChI=1S/C29H31N3O4/c1-35-20-18-32(29(34)30-27-15-7-12-24-11-5-6-14-26(24)27)22-28(33)31(21-25-13-8-19-36-25)17-16-23-9-3-2-4-10-23/h2-15,19H,16-18,20-22H2,1H3,(H,30,34). The minimum atomic E-state index is -0.349. The van der Waals surface area contributed by atoms with Crippen molar-refractivity contribution in [3.8, 4) is 0 Å². The van der Waals surface area contributed by atoms with Gasteiger partial charge in [0, 0.05) is 25.6 Å². The molecule has 3 amide bonds. The molecule has 0 fully saturated rings. The van der Waals surface area contributed by atoms with E-state index in [0.29, 0.717) is 37.6 Å². The maximum Gasteiger partial charge on any atom is 0.322 e. The second-order valence-corrected chi connectivity index (χ2v) is 8.50. The number of fused-ring (bicyclic) bond motifs is 1. The van der Waals surface area contributed by atoms with E-state index in [-0.39, 0.29) is 25.0 Å². The fourth-order valence-corrected chi connectivity index (χ4v) is 4.04. The molecule has 3 aromatic carbocycles. The van der Waals surface area contributed by atoms with Crippen LogP contribution in [0.4, 0.5) is 10.5 Å². The predicted octanol–water partition coefficient (Wildman–Crippen LogP) is 5.18. The maximum atomic E-state index is 13.5. The summed E-state index contributed by atoms with van der Waals surface area (Å²) in [7, 11) is 1.58. The van der Waals surface area contributed by atoms with Crippen LogP contribution in [0.1, 0.15) is 11.3 Å². The normalized spacial score (nSPS) is 10.8. The monoisotopic (exact) mass is 485 g/mol. The van der Waals surface area contributed by atoms with Gasteiger partial charge >= 0.3 is 6.03 Å². The van der Waals surface area contributed by atoms with Crippen molar-refractivity contribution in [2.75, 3.05) is 38.7 Å². The van der Waals surface area contributed by atoms with E-state index in [2.05, 4.69) is 5.32 Å². The number of hydrogen-bond donors (Lipinski definition) is 1. The molecule has 0 saturated heterocycles.